The van der Waals surface area contributed by atoms with E-state index in [0.717, 1.165) is 22.5 Å². The van der Waals surface area contributed by atoms with Crippen molar-refractivity contribution < 1.29 is 4.79 Å². The minimum Gasteiger partial charge on any atom is -0.265 e. The summed E-state index contributed by atoms with van der Waals surface area (Å²) < 4.78 is 1.76. The van der Waals surface area contributed by atoms with Gasteiger partial charge in [0.25, 0.3) is 5.91 Å². The Morgan fingerprint density at radius 2 is 1.59 bits per heavy atom. The van der Waals surface area contributed by atoms with Gasteiger partial charge in [0.2, 0.25) is 0 Å². The van der Waals surface area contributed by atoms with E-state index in [9.17, 15) is 4.79 Å². The van der Waals surface area contributed by atoms with Gasteiger partial charge in [0.15, 0.2) is 5.69 Å². The number of hydrazone groups is 1. The van der Waals surface area contributed by atoms with E-state index in [4.69, 9.17) is 11.6 Å². The summed E-state index contributed by atoms with van der Waals surface area (Å²) in [6.45, 7) is 0. The molecule has 29 heavy (non-hydrogen) atoms. The zero-order valence-corrected chi connectivity index (χ0v) is 16.1. The summed E-state index contributed by atoms with van der Waals surface area (Å²) >= 11 is 5.87. The number of nitrogens with zero attached hydrogens (tertiary/aromatic N) is 3. The minimum atomic E-state index is -0.387. The highest BCUT2D eigenvalue weighted by molar-refractivity contribution is 6.30. The summed E-state index contributed by atoms with van der Waals surface area (Å²) in [5.41, 5.74) is 6.29. The monoisotopic (exact) mass is 400 g/mol. The van der Waals surface area contributed by atoms with Crippen molar-refractivity contribution in [2.24, 2.45) is 5.10 Å². The zero-order chi connectivity index (χ0) is 20.1. The van der Waals surface area contributed by atoms with Crippen LogP contribution in [0, 0.1) is 0 Å². The number of para-hydroxylation sites is 1. The van der Waals surface area contributed by atoms with E-state index in [1.165, 1.54) is 0 Å². The smallest absolute Gasteiger partial charge is 0.265 e. The van der Waals surface area contributed by atoms with Crippen LogP contribution >= 0.6 is 11.6 Å². The van der Waals surface area contributed by atoms with E-state index in [0.29, 0.717) is 5.02 Å². The van der Waals surface area contributed by atoms with Gasteiger partial charge in [0, 0.05) is 10.6 Å². The summed E-state index contributed by atoms with van der Waals surface area (Å²) in [6.07, 6.45) is 1.56. The molecule has 0 saturated heterocycles. The summed E-state index contributed by atoms with van der Waals surface area (Å²) in [6, 6.07) is 28.4. The number of nitrogens with one attached hydrogen (secondary N) is 1. The lowest BCUT2D eigenvalue weighted by atomic mass is 10.1. The lowest BCUT2D eigenvalue weighted by molar-refractivity contribution is 0.0949. The summed E-state index contributed by atoms with van der Waals surface area (Å²) in [7, 11) is 0. The van der Waals surface area contributed by atoms with E-state index < -0.39 is 0 Å². The Labute approximate surface area is 173 Å². The van der Waals surface area contributed by atoms with Crippen LogP contribution in [0.15, 0.2) is 96.1 Å². The molecule has 5 nitrogen and oxygen atoms in total. The van der Waals surface area contributed by atoms with Crippen LogP contribution in [0.5, 0.6) is 0 Å². The summed E-state index contributed by atoms with van der Waals surface area (Å²) in [5, 5.41) is 9.17. The molecule has 0 bridgehead atoms. The van der Waals surface area contributed by atoms with Gasteiger partial charge in [0.1, 0.15) is 0 Å². The van der Waals surface area contributed by atoms with Crippen molar-refractivity contribution >= 4 is 23.7 Å². The number of halogens is 1. The lowest BCUT2D eigenvalue weighted by Crippen LogP contribution is -2.18. The maximum Gasteiger partial charge on any atom is 0.291 e. The largest absolute Gasteiger partial charge is 0.291 e. The predicted molar refractivity (Wildman–Crippen MR) is 116 cm³/mol. The zero-order valence-electron chi connectivity index (χ0n) is 15.4. The number of amides is 1. The molecular formula is C23H17ClN4O. The van der Waals surface area contributed by atoms with Crippen LogP contribution in [-0.4, -0.2) is 21.9 Å². The standard InChI is InChI=1S/C23H17ClN4O/c24-19-13-11-17(12-14-19)16-25-26-23(29)21-15-22(18-7-3-1-4-8-18)28(27-21)20-9-5-2-6-10-20/h1-16H,(H,26,29)/b25-16+. The Morgan fingerprint density at radius 1 is 0.931 bits per heavy atom. The molecule has 1 amide bonds. The Kier molecular flexibility index (Phi) is 5.49. The van der Waals surface area contributed by atoms with Crippen LogP contribution in [-0.2, 0) is 0 Å². The first kappa shape index (κ1) is 18.7. The predicted octanol–water partition coefficient (Wildman–Crippen LogP) is 4.96. The second-order valence-corrected chi connectivity index (χ2v) is 6.72. The van der Waals surface area contributed by atoms with Gasteiger partial charge in [-0.25, -0.2) is 10.1 Å². The fourth-order valence-electron chi connectivity index (χ4n) is 2.84. The van der Waals surface area contributed by atoms with Gasteiger partial charge >= 0.3 is 0 Å². The molecule has 0 saturated carbocycles. The van der Waals surface area contributed by atoms with E-state index >= 15 is 0 Å². The maximum absolute atomic E-state index is 12.6. The fraction of sp³-hybridized carbons (Fsp3) is 0. The second-order valence-electron chi connectivity index (χ2n) is 6.28. The molecule has 0 aliphatic heterocycles. The van der Waals surface area contributed by atoms with Gasteiger partial charge in [-0.3, -0.25) is 4.79 Å². The molecule has 0 atom stereocenters. The molecule has 0 aliphatic rings. The molecule has 142 valence electrons. The third kappa shape index (κ3) is 4.42. The summed E-state index contributed by atoms with van der Waals surface area (Å²) in [5.74, 6) is -0.387. The van der Waals surface area contributed by atoms with Crippen molar-refractivity contribution in [3.63, 3.8) is 0 Å². The van der Waals surface area contributed by atoms with Gasteiger partial charge in [-0.15, -0.1) is 0 Å². The molecule has 0 spiro atoms. The van der Waals surface area contributed by atoms with Crippen LogP contribution in [0.1, 0.15) is 16.1 Å². The second kappa shape index (κ2) is 8.54. The maximum atomic E-state index is 12.6. The Hall–Kier alpha value is -3.70. The number of benzene rings is 3. The number of hydrogen-bond donors (Lipinski definition) is 1. The molecule has 0 aliphatic carbocycles. The van der Waals surface area contributed by atoms with Crippen molar-refractivity contribution in [1.82, 2.24) is 15.2 Å². The third-order valence-electron chi connectivity index (χ3n) is 4.26. The van der Waals surface area contributed by atoms with Gasteiger partial charge in [-0.1, -0.05) is 72.3 Å². The van der Waals surface area contributed by atoms with Gasteiger partial charge in [-0.2, -0.15) is 10.2 Å². The molecular weight excluding hydrogens is 384 g/mol. The van der Waals surface area contributed by atoms with E-state index in [-0.39, 0.29) is 11.6 Å². The SMILES string of the molecule is O=C(N/N=C/c1ccc(Cl)cc1)c1cc(-c2ccccc2)n(-c2ccccc2)n1. The average Bonchev–Trinajstić information content (AvgIpc) is 3.22. The van der Waals surface area contributed by atoms with Crippen LogP contribution in [0.25, 0.3) is 16.9 Å². The van der Waals surface area contributed by atoms with Crippen LogP contribution in [0.3, 0.4) is 0 Å². The molecule has 1 heterocycles. The highest BCUT2D eigenvalue weighted by Gasteiger charge is 2.16. The Bertz CT molecular complexity index is 1080. The molecule has 3 aromatic carbocycles. The molecule has 6 heteroatoms. The summed E-state index contributed by atoms with van der Waals surface area (Å²) in [4.78, 5) is 12.6. The van der Waals surface area contributed by atoms with Gasteiger partial charge in [-0.05, 0) is 35.9 Å². The van der Waals surface area contributed by atoms with Crippen LogP contribution in [0.2, 0.25) is 5.02 Å². The van der Waals surface area contributed by atoms with Crippen molar-refractivity contribution in [1.29, 1.82) is 0 Å². The van der Waals surface area contributed by atoms with E-state index in [2.05, 4.69) is 15.6 Å². The molecule has 0 unspecified atom stereocenters. The lowest BCUT2D eigenvalue weighted by Gasteiger charge is -2.07. The number of hydrogen-bond acceptors (Lipinski definition) is 3. The molecule has 0 radical (unpaired) electrons. The number of carbonyl (C=O) groups excluding carboxylic acids is 1. The fourth-order valence-corrected chi connectivity index (χ4v) is 2.97. The minimum absolute atomic E-state index is 0.279. The molecule has 4 aromatic rings. The molecule has 0 fully saturated rings. The first-order valence-electron chi connectivity index (χ1n) is 9.00. The quantitative estimate of drug-likeness (QED) is 0.380. The normalized spacial score (nSPS) is 10.9. The first-order chi connectivity index (χ1) is 14.2. The Balaban J connectivity index is 1.61. The average molecular weight is 401 g/mol. The van der Waals surface area contributed by atoms with Crippen molar-refractivity contribution in [3.8, 4) is 16.9 Å². The number of aromatic nitrogens is 2. The third-order valence-corrected chi connectivity index (χ3v) is 4.51. The highest BCUT2D eigenvalue weighted by atomic mass is 35.5. The van der Waals surface area contributed by atoms with E-state index in [1.807, 2.05) is 72.8 Å². The number of rotatable bonds is 5. The first-order valence-corrected chi connectivity index (χ1v) is 9.38. The van der Waals surface area contributed by atoms with Crippen molar-refractivity contribution in [2.45, 2.75) is 0 Å². The van der Waals surface area contributed by atoms with Crippen molar-refractivity contribution in [3.05, 3.63) is 107 Å². The van der Waals surface area contributed by atoms with Crippen LogP contribution in [0.4, 0.5) is 0 Å². The van der Waals surface area contributed by atoms with Gasteiger partial charge in [0.05, 0.1) is 17.6 Å². The van der Waals surface area contributed by atoms with E-state index in [1.54, 1.807) is 29.1 Å². The number of carbonyl (C=O) groups is 1. The topological polar surface area (TPSA) is 59.3 Å². The van der Waals surface area contributed by atoms with Gasteiger partial charge < -0.3 is 0 Å². The molecule has 4 rings (SSSR count). The molecule has 1 aromatic heterocycles. The van der Waals surface area contributed by atoms with Crippen molar-refractivity contribution in [2.75, 3.05) is 0 Å². The highest BCUT2D eigenvalue weighted by Crippen LogP contribution is 2.23. The van der Waals surface area contributed by atoms with Crippen LogP contribution < -0.4 is 5.43 Å². The Morgan fingerprint density at radius 3 is 2.28 bits per heavy atom. The molecule has 1 N–H and O–H groups in total.